The fourth-order valence-corrected chi connectivity index (χ4v) is 2.80. The monoisotopic (exact) mass is 409 g/mol. The first-order valence-corrected chi connectivity index (χ1v) is 9.27. The van der Waals surface area contributed by atoms with Crippen LogP contribution < -0.4 is 16.0 Å². The summed E-state index contributed by atoms with van der Waals surface area (Å²) in [4.78, 5) is 20.6. The van der Waals surface area contributed by atoms with Crippen molar-refractivity contribution in [3.8, 4) is 0 Å². The second-order valence-electron chi connectivity index (χ2n) is 6.61. The molecule has 0 aliphatic heterocycles. The first-order chi connectivity index (χ1) is 14.4. The lowest BCUT2D eigenvalue weighted by atomic mass is 10.3. The molecule has 11 nitrogen and oxygen atoms in total. The number of nitrogen functional groups attached to an aromatic ring is 1. The van der Waals surface area contributed by atoms with Crippen LogP contribution in [-0.2, 0) is 13.0 Å². The van der Waals surface area contributed by atoms with Crippen LogP contribution >= 0.6 is 0 Å². The van der Waals surface area contributed by atoms with Gasteiger partial charge in [-0.2, -0.15) is 0 Å². The van der Waals surface area contributed by atoms with Crippen LogP contribution in [0.2, 0.25) is 0 Å². The molecule has 3 rings (SSSR count). The molecule has 0 fully saturated rings. The number of nitrogens with one attached hydrogen (secondary N) is 1. The van der Waals surface area contributed by atoms with Gasteiger partial charge in [0.05, 0.1) is 17.2 Å². The highest BCUT2D eigenvalue weighted by Gasteiger charge is 2.12. The van der Waals surface area contributed by atoms with Crippen LogP contribution in [0.25, 0.3) is 0 Å². The van der Waals surface area contributed by atoms with Crippen LogP contribution in [0.1, 0.15) is 17.1 Å². The first kappa shape index (κ1) is 20.7. The summed E-state index contributed by atoms with van der Waals surface area (Å²) >= 11 is 0. The summed E-state index contributed by atoms with van der Waals surface area (Å²) in [6.07, 6.45) is 4.97. The minimum atomic E-state index is -0.480. The number of nitrogens with zero attached hydrogens (tertiary/aromatic N) is 7. The van der Waals surface area contributed by atoms with E-state index >= 15 is 0 Å². The van der Waals surface area contributed by atoms with Gasteiger partial charge in [0.1, 0.15) is 11.6 Å². The fraction of sp³-hybridized carbons (Fsp3) is 0.263. The number of nitro groups is 1. The summed E-state index contributed by atoms with van der Waals surface area (Å²) in [6.45, 7) is 2.64. The van der Waals surface area contributed by atoms with Crippen molar-refractivity contribution >= 4 is 11.5 Å². The first-order valence-electron chi connectivity index (χ1n) is 9.27. The molecule has 0 aliphatic carbocycles. The van der Waals surface area contributed by atoms with Crippen LogP contribution in [-0.4, -0.2) is 43.5 Å². The van der Waals surface area contributed by atoms with E-state index in [1.54, 1.807) is 35.9 Å². The van der Waals surface area contributed by atoms with Gasteiger partial charge < -0.3 is 16.0 Å². The van der Waals surface area contributed by atoms with E-state index in [1.165, 1.54) is 0 Å². The van der Waals surface area contributed by atoms with E-state index in [2.05, 4.69) is 25.6 Å². The van der Waals surface area contributed by atoms with Gasteiger partial charge in [0.2, 0.25) is 0 Å². The second-order valence-corrected chi connectivity index (χ2v) is 6.61. The summed E-state index contributed by atoms with van der Waals surface area (Å²) in [5, 5.41) is 22.4. The maximum atomic E-state index is 11.0. The quantitative estimate of drug-likeness (QED) is 0.395. The number of benzene rings is 1. The number of aromatic nitrogens is 5. The maximum absolute atomic E-state index is 11.0. The van der Waals surface area contributed by atoms with Crippen molar-refractivity contribution in [3.63, 3.8) is 0 Å². The third-order valence-electron chi connectivity index (χ3n) is 4.36. The number of nitrogens with two attached hydrogens (primary N) is 1. The van der Waals surface area contributed by atoms with Crippen LogP contribution in [0.15, 0.2) is 54.7 Å². The SMILES string of the molecule is Cc1ncc(Cn2cc(CCN/C(=C\[N+](=O)[O-])N(C)c3ccccc3)nn2)c(N)n1. The Morgan fingerprint density at radius 1 is 1.37 bits per heavy atom. The lowest BCUT2D eigenvalue weighted by molar-refractivity contribution is -0.403. The maximum Gasteiger partial charge on any atom is 0.274 e. The Labute approximate surface area is 173 Å². The largest absolute Gasteiger partial charge is 0.383 e. The number of aryl methyl sites for hydroxylation is 1. The zero-order valence-corrected chi connectivity index (χ0v) is 16.8. The van der Waals surface area contributed by atoms with Crippen molar-refractivity contribution in [2.24, 2.45) is 0 Å². The topological polar surface area (TPSA) is 141 Å². The van der Waals surface area contributed by atoms with E-state index in [0.29, 0.717) is 37.0 Å². The minimum Gasteiger partial charge on any atom is -0.383 e. The lowest BCUT2D eigenvalue weighted by Gasteiger charge is -2.21. The number of hydrogen-bond acceptors (Lipinski definition) is 9. The normalized spacial score (nSPS) is 11.3. The Balaban J connectivity index is 1.60. The van der Waals surface area contributed by atoms with Gasteiger partial charge in [0.15, 0.2) is 5.82 Å². The Hall–Kier alpha value is -4.02. The molecule has 0 aliphatic rings. The molecule has 30 heavy (non-hydrogen) atoms. The van der Waals surface area contributed by atoms with Gasteiger partial charge in [0, 0.05) is 43.7 Å². The molecule has 3 aromatic rings. The molecule has 11 heteroatoms. The summed E-state index contributed by atoms with van der Waals surface area (Å²) in [7, 11) is 1.77. The second kappa shape index (κ2) is 9.45. The molecule has 156 valence electrons. The van der Waals surface area contributed by atoms with E-state index in [1.807, 2.05) is 30.3 Å². The molecule has 0 saturated heterocycles. The molecule has 0 bridgehead atoms. The molecule has 0 saturated carbocycles. The van der Waals surface area contributed by atoms with Crippen molar-refractivity contribution in [1.29, 1.82) is 0 Å². The van der Waals surface area contributed by atoms with Gasteiger partial charge in [-0.25, -0.2) is 14.6 Å². The van der Waals surface area contributed by atoms with Crippen molar-refractivity contribution in [1.82, 2.24) is 30.3 Å². The molecule has 0 spiro atoms. The van der Waals surface area contributed by atoms with Gasteiger partial charge >= 0.3 is 0 Å². The summed E-state index contributed by atoms with van der Waals surface area (Å²) < 4.78 is 1.66. The van der Waals surface area contributed by atoms with Gasteiger partial charge in [-0.1, -0.05) is 23.4 Å². The third kappa shape index (κ3) is 5.50. The molecule has 1 aromatic carbocycles. The molecule has 0 atom stereocenters. The molecular weight excluding hydrogens is 386 g/mol. The average molecular weight is 409 g/mol. The Kier molecular flexibility index (Phi) is 6.53. The molecule has 3 N–H and O–H groups in total. The van der Waals surface area contributed by atoms with E-state index < -0.39 is 4.92 Å². The van der Waals surface area contributed by atoms with E-state index in [0.717, 1.165) is 23.1 Å². The van der Waals surface area contributed by atoms with Crippen LogP contribution in [0.3, 0.4) is 0 Å². The predicted octanol–water partition coefficient (Wildman–Crippen LogP) is 1.35. The zero-order chi connectivity index (χ0) is 21.5. The predicted molar refractivity (Wildman–Crippen MR) is 112 cm³/mol. The number of hydrogen-bond donors (Lipinski definition) is 2. The molecule has 0 radical (unpaired) electrons. The van der Waals surface area contributed by atoms with Crippen LogP contribution in [0.5, 0.6) is 0 Å². The van der Waals surface area contributed by atoms with Crippen LogP contribution in [0.4, 0.5) is 11.5 Å². The Bertz CT molecular complexity index is 1030. The molecule has 2 heterocycles. The van der Waals surface area contributed by atoms with Gasteiger partial charge in [0.25, 0.3) is 6.20 Å². The van der Waals surface area contributed by atoms with Crippen molar-refractivity contribution < 1.29 is 4.92 Å². The van der Waals surface area contributed by atoms with Crippen molar-refractivity contribution in [2.75, 3.05) is 24.2 Å². The van der Waals surface area contributed by atoms with Crippen LogP contribution in [0, 0.1) is 17.0 Å². The summed E-state index contributed by atoms with van der Waals surface area (Å²) in [6, 6.07) is 9.39. The molecule has 2 aromatic heterocycles. The fourth-order valence-electron chi connectivity index (χ4n) is 2.80. The average Bonchev–Trinajstić information content (AvgIpc) is 3.16. The molecule has 0 unspecified atom stereocenters. The standard InChI is InChI=1S/C19H23N9O2/c1-14-22-10-15(19(20)23-14)11-27-12-16(24-25-27)8-9-21-18(13-28(29)30)26(2)17-6-4-3-5-7-17/h3-7,10,12-13,21H,8-9,11H2,1-2H3,(H2,20,22,23)/b18-13+. The highest BCUT2D eigenvalue weighted by molar-refractivity contribution is 5.50. The number of para-hydroxylation sites is 1. The van der Waals surface area contributed by atoms with Crippen molar-refractivity contribution in [2.45, 2.75) is 19.9 Å². The summed E-state index contributed by atoms with van der Waals surface area (Å²) in [5.74, 6) is 1.41. The van der Waals surface area contributed by atoms with Crippen molar-refractivity contribution in [3.05, 3.63) is 81.9 Å². The highest BCUT2D eigenvalue weighted by atomic mass is 16.6. The molecular formula is C19H23N9O2. The Morgan fingerprint density at radius 3 is 2.83 bits per heavy atom. The number of anilines is 2. The van der Waals surface area contributed by atoms with Gasteiger partial charge in [-0.3, -0.25) is 10.1 Å². The van der Waals surface area contributed by atoms with Gasteiger partial charge in [-0.05, 0) is 19.1 Å². The smallest absolute Gasteiger partial charge is 0.274 e. The van der Waals surface area contributed by atoms with E-state index in [4.69, 9.17) is 5.73 Å². The van der Waals surface area contributed by atoms with E-state index in [-0.39, 0.29) is 0 Å². The number of rotatable bonds is 9. The van der Waals surface area contributed by atoms with E-state index in [9.17, 15) is 10.1 Å². The van der Waals surface area contributed by atoms with Gasteiger partial charge in [-0.15, -0.1) is 5.10 Å². The summed E-state index contributed by atoms with van der Waals surface area (Å²) in [5.41, 5.74) is 8.26. The third-order valence-corrected chi connectivity index (χ3v) is 4.36. The molecule has 0 amide bonds. The Morgan fingerprint density at radius 2 is 2.13 bits per heavy atom. The lowest BCUT2D eigenvalue weighted by Crippen LogP contribution is -2.30. The minimum absolute atomic E-state index is 0.378. The highest BCUT2D eigenvalue weighted by Crippen LogP contribution is 2.15. The zero-order valence-electron chi connectivity index (χ0n) is 16.8.